The van der Waals surface area contributed by atoms with E-state index >= 15 is 0 Å². The third kappa shape index (κ3) is 1.49. The number of carbonyl (C=O) groups is 1. The first-order chi connectivity index (χ1) is 6.70. The molecule has 2 N–H and O–H groups in total. The average molecular weight is 272 g/mol. The first kappa shape index (κ1) is 9.48. The number of aromatic nitrogens is 1. The third-order valence-electron chi connectivity index (χ3n) is 1.84. The molecular weight excluding hydrogens is 266 g/mol. The van der Waals surface area contributed by atoms with E-state index in [9.17, 15) is 4.79 Å². The van der Waals surface area contributed by atoms with Gasteiger partial charge in [0.25, 0.3) is 0 Å². The van der Waals surface area contributed by atoms with E-state index in [0.717, 1.165) is 14.9 Å². The highest BCUT2D eigenvalue weighted by molar-refractivity contribution is 9.10. The molecule has 0 radical (unpaired) electrons. The zero-order valence-corrected chi connectivity index (χ0v) is 9.35. The van der Waals surface area contributed by atoms with Gasteiger partial charge in [-0.1, -0.05) is 0 Å². The maximum atomic E-state index is 10.9. The first-order valence-electron chi connectivity index (χ1n) is 3.83. The van der Waals surface area contributed by atoms with Crippen LogP contribution in [-0.4, -0.2) is 16.1 Å². The number of thiophene rings is 1. The van der Waals surface area contributed by atoms with E-state index in [1.807, 2.05) is 11.4 Å². The van der Waals surface area contributed by atoms with Crippen LogP contribution in [0, 0.1) is 0 Å². The Labute approximate surface area is 92.5 Å². The second-order valence-corrected chi connectivity index (χ2v) is 4.46. The zero-order valence-electron chi connectivity index (χ0n) is 6.95. The van der Waals surface area contributed by atoms with Crippen molar-refractivity contribution in [1.82, 2.24) is 4.98 Å². The summed E-state index contributed by atoms with van der Waals surface area (Å²) in [6, 6.07) is 1.90. The summed E-state index contributed by atoms with van der Waals surface area (Å²) in [5.74, 6) is -0.915. The Kier molecular flexibility index (Phi) is 2.43. The van der Waals surface area contributed by atoms with Crippen molar-refractivity contribution in [3.8, 4) is 10.4 Å². The highest BCUT2D eigenvalue weighted by Crippen LogP contribution is 2.35. The molecule has 0 saturated heterocycles. The van der Waals surface area contributed by atoms with Crippen LogP contribution in [0.4, 0.5) is 0 Å². The van der Waals surface area contributed by atoms with Crippen LogP contribution in [-0.2, 0) is 0 Å². The van der Waals surface area contributed by atoms with E-state index in [0.29, 0.717) is 5.56 Å². The predicted octanol–water partition coefficient (Wildman–Crippen LogP) is 3.20. The van der Waals surface area contributed by atoms with Crippen LogP contribution in [0.5, 0.6) is 0 Å². The van der Waals surface area contributed by atoms with Crippen LogP contribution in [0.1, 0.15) is 10.4 Å². The minimum absolute atomic E-state index is 0.299. The van der Waals surface area contributed by atoms with E-state index < -0.39 is 5.97 Å². The summed E-state index contributed by atoms with van der Waals surface area (Å²) in [4.78, 5) is 14.6. The molecule has 2 rings (SSSR count). The summed E-state index contributed by atoms with van der Waals surface area (Å²) >= 11 is 4.88. The van der Waals surface area contributed by atoms with Crippen molar-refractivity contribution < 1.29 is 9.90 Å². The number of halogens is 1. The number of rotatable bonds is 2. The van der Waals surface area contributed by atoms with E-state index in [2.05, 4.69) is 20.9 Å². The molecule has 14 heavy (non-hydrogen) atoms. The first-order valence-corrected chi connectivity index (χ1v) is 5.51. The fraction of sp³-hybridized carbons (Fsp3) is 0. The average Bonchev–Trinajstić information content (AvgIpc) is 2.70. The van der Waals surface area contributed by atoms with Gasteiger partial charge in [0.1, 0.15) is 0 Å². The van der Waals surface area contributed by atoms with Crippen molar-refractivity contribution in [3.63, 3.8) is 0 Å². The Morgan fingerprint density at radius 1 is 1.50 bits per heavy atom. The molecule has 2 aromatic heterocycles. The van der Waals surface area contributed by atoms with Crippen molar-refractivity contribution in [1.29, 1.82) is 0 Å². The molecule has 2 aromatic rings. The number of aromatic carboxylic acids is 1. The van der Waals surface area contributed by atoms with Crippen LogP contribution in [0.3, 0.4) is 0 Å². The second-order valence-electron chi connectivity index (χ2n) is 2.69. The Bertz CT molecular complexity index is 475. The molecule has 0 aliphatic carbocycles. The van der Waals surface area contributed by atoms with E-state index in [1.165, 1.54) is 17.5 Å². The fourth-order valence-corrected chi connectivity index (χ4v) is 2.83. The molecule has 0 saturated carbocycles. The van der Waals surface area contributed by atoms with Crippen molar-refractivity contribution in [2.24, 2.45) is 0 Å². The molecule has 3 nitrogen and oxygen atoms in total. The molecule has 0 amide bonds. The number of carboxylic acid groups (broad SMARTS) is 1. The summed E-state index contributed by atoms with van der Waals surface area (Å²) in [6.45, 7) is 0. The predicted molar refractivity (Wildman–Crippen MR) is 58.8 cm³/mol. The molecule has 0 atom stereocenters. The summed E-state index contributed by atoms with van der Waals surface area (Å²) in [6.07, 6.45) is 3.18. The molecule has 0 unspecified atom stereocenters. The second kappa shape index (κ2) is 3.59. The van der Waals surface area contributed by atoms with Gasteiger partial charge in [-0.05, 0) is 27.4 Å². The van der Waals surface area contributed by atoms with E-state index in [4.69, 9.17) is 5.11 Å². The fourth-order valence-electron chi connectivity index (χ4n) is 1.21. The summed E-state index contributed by atoms with van der Waals surface area (Å²) in [7, 11) is 0. The smallest absolute Gasteiger partial charge is 0.337 e. The molecule has 0 spiro atoms. The van der Waals surface area contributed by atoms with Gasteiger partial charge in [0, 0.05) is 22.4 Å². The van der Waals surface area contributed by atoms with Crippen molar-refractivity contribution in [3.05, 3.63) is 33.9 Å². The molecule has 72 valence electrons. The Balaban J connectivity index is 2.57. The number of H-pyrrole nitrogens is 1. The van der Waals surface area contributed by atoms with Gasteiger partial charge in [0.2, 0.25) is 0 Å². The quantitative estimate of drug-likeness (QED) is 0.882. The van der Waals surface area contributed by atoms with Crippen molar-refractivity contribution >= 4 is 33.2 Å². The highest BCUT2D eigenvalue weighted by atomic mass is 79.9. The maximum Gasteiger partial charge on any atom is 0.337 e. The van der Waals surface area contributed by atoms with Gasteiger partial charge in [-0.2, -0.15) is 0 Å². The lowest BCUT2D eigenvalue weighted by Crippen LogP contribution is -1.95. The minimum Gasteiger partial charge on any atom is -0.478 e. The van der Waals surface area contributed by atoms with E-state index in [1.54, 1.807) is 6.20 Å². The number of aromatic amines is 1. The van der Waals surface area contributed by atoms with Crippen molar-refractivity contribution in [2.75, 3.05) is 0 Å². The third-order valence-corrected chi connectivity index (χ3v) is 3.71. The van der Waals surface area contributed by atoms with Crippen LogP contribution in [0.15, 0.2) is 28.3 Å². The van der Waals surface area contributed by atoms with Gasteiger partial charge in [0.15, 0.2) is 0 Å². The summed E-state index contributed by atoms with van der Waals surface area (Å²) in [5.41, 5.74) is 1.02. The molecule has 0 aliphatic heterocycles. The Morgan fingerprint density at radius 2 is 2.29 bits per heavy atom. The van der Waals surface area contributed by atoms with Crippen LogP contribution >= 0.6 is 27.3 Å². The Morgan fingerprint density at radius 3 is 2.86 bits per heavy atom. The van der Waals surface area contributed by atoms with Gasteiger partial charge in [-0.3, -0.25) is 0 Å². The normalized spacial score (nSPS) is 10.4. The molecule has 0 bridgehead atoms. The molecule has 5 heteroatoms. The van der Waals surface area contributed by atoms with Crippen molar-refractivity contribution in [2.45, 2.75) is 0 Å². The molecule has 0 aliphatic rings. The lowest BCUT2D eigenvalue weighted by atomic mass is 10.2. The standard InChI is InChI=1S/C9H6BrNO2S/c10-7-1-2-14-8(7)5-3-11-4-6(5)9(12)13/h1-4,11H,(H,12,13). The van der Waals surface area contributed by atoms with Gasteiger partial charge < -0.3 is 10.1 Å². The summed E-state index contributed by atoms with van der Waals surface area (Å²) < 4.78 is 0.921. The molecule has 0 fully saturated rings. The monoisotopic (exact) mass is 271 g/mol. The topological polar surface area (TPSA) is 53.1 Å². The Hall–Kier alpha value is -1.07. The molecule has 2 heterocycles. The van der Waals surface area contributed by atoms with Crippen LogP contribution < -0.4 is 0 Å². The maximum absolute atomic E-state index is 10.9. The lowest BCUT2D eigenvalue weighted by molar-refractivity contribution is 0.0698. The number of hydrogen-bond acceptors (Lipinski definition) is 2. The SMILES string of the molecule is O=C(O)c1c[nH]cc1-c1sccc1Br. The van der Waals surface area contributed by atoms with E-state index in [-0.39, 0.29) is 0 Å². The van der Waals surface area contributed by atoms with Gasteiger partial charge in [-0.15, -0.1) is 11.3 Å². The molecular formula is C9H6BrNO2S. The van der Waals surface area contributed by atoms with Crippen LogP contribution in [0.2, 0.25) is 0 Å². The minimum atomic E-state index is -0.915. The van der Waals surface area contributed by atoms with Gasteiger partial charge >= 0.3 is 5.97 Å². The largest absolute Gasteiger partial charge is 0.478 e. The zero-order chi connectivity index (χ0) is 10.1. The van der Waals surface area contributed by atoms with Gasteiger partial charge in [-0.25, -0.2) is 4.79 Å². The number of nitrogens with one attached hydrogen (secondary N) is 1. The van der Waals surface area contributed by atoms with Crippen LogP contribution in [0.25, 0.3) is 10.4 Å². The number of carboxylic acids is 1. The van der Waals surface area contributed by atoms with Gasteiger partial charge in [0.05, 0.1) is 10.4 Å². The lowest BCUT2D eigenvalue weighted by Gasteiger charge is -1.96. The summed E-state index contributed by atoms with van der Waals surface area (Å²) in [5, 5.41) is 10.8. The number of hydrogen-bond donors (Lipinski definition) is 2. The highest BCUT2D eigenvalue weighted by Gasteiger charge is 2.15. The molecule has 0 aromatic carbocycles.